The first-order valence-corrected chi connectivity index (χ1v) is 7.06. The van der Waals surface area contributed by atoms with Crippen LogP contribution in [0.15, 0.2) is 54.6 Å². The van der Waals surface area contributed by atoms with Gasteiger partial charge in [-0.1, -0.05) is 49.4 Å². The van der Waals surface area contributed by atoms with E-state index in [1.807, 2.05) is 0 Å². The Morgan fingerprint density at radius 1 is 0.895 bits per heavy atom. The molecule has 1 nitrogen and oxygen atoms in total. The first kappa shape index (κ1) is 13.7. The second-order valence-electron chi connectivity index (χ2n) is 5.20. The Bertz CT molecular complexity index is 487. The summed E-state index contributed by atoms with van der Waals surface area (Å²) in [6.07, 6.45) is 2.18. The summed E-state index contributed by atoms with van der Waals surface area (Å²) >= 11 is 0. The van der Waals surface area contributed by atoms with Gasteiger partial charge in [0.1, 0.15) is 0 Å². The SMILES string of the molecule is CCC(C)N(C)c1ccc(Cc2ccccc2)cc1. The highest BCUT2D eigenvalue weighted by Crippen LogP contribution is 2.18. The predicted octanol–water partition coefficient (Wildman–Crippen LogP) is 4.51. The topological polar surface area (TPSA) is 3.24 Å². The van der Waals surface area contributed by atoms with Gasteiger partial charge in [-0.2, -0.15) is 0 Å². The summed E-state index contributed by atoms with van der Waals surface area (Å²) in [6, 6.07) is 20.1. The van der Waals surface area contributed by atoms with E-state index >= 15 is 0 Å². The first-order valence-electron chi connectivity index (χ1n) is 7.06. The number of rotatable bonds is 5. The molecule has 0 heterocycles. The van der Waals surface area contributed by atoms with E-state index in [4.69, 9.17) is 0 Å². The summed E-state index contributed by atoms with van der Waals surface area (Å²) in [7, 11) is 2.17. The average molecular weight is 253 g/mol. The van der Waals surface area contributed by atoms with E-state index in [0.29, 0.717) is 6.04 Å². The molecule has 0 aromatic heterocycles. The van der Waals surface area contributed by atoms with Gasteiger partial charge >= 0.3 is 0 Å². The Labute approximate surface area is 116 Å². The maximum atomic E-state index is 2.34. The lowest BCUT2D eigenvalue weighted by molar-refractivity contribution is 0.664. The summed E-state index contributed by atoms with van der Waals surface area (Å²) in [5.74, 6) is 0. The Balaban J connectivity index is 2.06. The zero-order valence-corrected chi connectivity index (χ0v) is 12.1. The number of hydrogen-bond donors (Lipinski definition) is 0. The third-order valence-electron chi connectivity index (χ3n) is 3.85. The largest absolute Gasteiger partial charge is 0.372 e. The van der Waals surface area contributed by atoms with Crippen molar-refractivity contribution in [2.75, 3.05) is 11.9 Å². The van der Waals surface area contributed by atoms with Crippen molar-refractivity contribution < 1.29 is 0 Å². The third-order valence-corrected chi connectivity index (χ3v) is 3.85. The molecular formula is C18H23N. The van der Waals surface area contributed by atoms with Crippen LogP contribution in [0.25, 0.3) is 0 Å². The van der Waals surface area contributed by atoms with Crippen LogP contribution in [0, 0.1) is 0 Å². The van der Waals surface area contributed by atoms with Gasteiger partial charge in [-0.3, -0.25) is 0 Å². The van der Waals surface area contributed by atoms with E-state index < -0.39 is 0 Å². The molecule has 2 rings (SSSR count). The molecule has 19 heavy (non-hydrogen) atoms. The quantitative estimate of drug-likeness (QED) is 0.757. The van der Waals surface area contributed by atoms with E-state index in [1.54, 1.807) is 0 Å². The second-order valence-corrected chi connectivity index (χ2v) is 5.20. The van der Waals surface area contributed by atoms with Gasteiger partial charge in [0, 0.05) is 18.8 Å². The summed E-state index contributed by atoms with van der Waals surface area (Å²) in [6.45, 7) is 4.49. The zero-order valence-electron chi connectivity index (χ0n) is 12.1. The van der Waals surface area contributed by atoms with Crippen molar-refractivity contribution in [1.29, 1.82) is 0 Å². The average Bonchev–Trinajstić information content (AvgIpc) is 2.47. The molecule has 0 aliphatic heterocycles. The summed E-state index contributed by atoms with van der Waals surface area (Å²) in [5, 5.41) is 0. The smallest absolute Gasteiger partial charge is 0.0366 e. The van der Waals surface area contributed by atoms with E-state index in [-0.39, 0.29) is 0 Å². The van der Waals surface area contributed by atoms with Crippen LogP contribution in [-0.2, 0) is 6.42 Å². The standard InChI is InChI=1S/C18H23N/c1-4-15(2)19(3)18-12-10-17(11-13-18)14-16-8-6-5-7-9-16/h5-13,15H,4,14H2,1-3H3. The van der Waals surface area contributed by atoms with E-state index in [2.05, 4.69) is 80.4 Å². The fourth-order valence-electron chi connectivity index (χ4n) is 2.21. The summed E-state index contributed by atoms with van der Waals surface area (Å²) in [4.78, 5) is 2.34. The predicted molar refractivity (Wildman–Crippen MR) is 83.8 cm³/mol. The van der Waals surface area contributed by atoms with Crippen LogP contribution < -0.4 is 4.90 Å². The molecule has 1 atom stereocenters. The minimum atomic E-state index is 0.583. The lowest BCUT2D eigenvalue weighted by Crippen LogP contribution is -2.27. The molecule has 0 spiro atoms. The lowest BCUT2D eigenvalue weighted by Gasteiger charge is -2.26. The van der Waals surface area contributed by atoms with Crippen LogP contribution in [0.5, 0.6) is 0 Å². The van der Waals surface area contributed by atoms with Crippen LogP contribution >= 0.6 is 0 Å². The highest BCUT2D eigenvalue weighted by atomic mass is 15.1. The summed E-state index contributed by atoms with van der Waals surface area (Å²) in [5.41, 5.74) is 4.03. The van der Waals surface area contributed by atoms with Crippen molar-refractivity contribution >= 4 is 5.69 Å². The molecule has 0 saturated heterocycles. The van der Waals surface area contributed by atoms with Gasteiger partial charge in [0.25, 0.3) is 0 Å². The highest BCUT2D eigenvalue weighted by Gasteiger charge is 2.07. The minimum Gasteiger partial charge on any atom is -0.372 e. The van der Waals surface area contributed by atoms with Crippen LogP contribution in [0.2, 0.25) is 0 Å². The van der Waals surface area contributed by atoms with E-state index in [1.165, 1.54) is 23.2 Å². The zero-order chi connectivity index (χ0) is 13.7. The van der Waals surface area contributed by atoms with Gasteiger partial charge in [-0.25, -0.2) is 0 Å². The van der Waals surface area contributed by atoms with Crippen molar-refractivity contribution in [3.63, 3.8) is 0 Å². The molecule has 0 radical (unpaired) electrons. The number of anilines is 1. The molecule has 100 valence electrons. The fourth-order valence-corrected chi connectivity index (χ4v) is 2.21. The van der Waals surface area contributed by atoms with E-state index in [9.17, 15) is 0 Å². The molecular weight excluding hydrogens is 230 g/mol. The van der Waals surface area contributed by atoms with Crippen LogP contribution in [-0.4, -0.2) is 13.1 Å². The molecule has 1 heteroatoms. The maximum Gasteiger partial charge on any atom is 0.0366 e. The Morgan fingerprint density at radius 3 is 2.05 bits per heavy atom. The third kappa shape index (κ3) is 3.60. The highest BCUT2D eigenvalue weighted by molar-refractivity contribution is 5.48. The van der Waals surface area contributed by atoms with Crippen molar-refractivity contribution in [2.24, 2.45) is 0 Å². The van der Waals surface area contributed by atoms with Gasteiger partial charge in [-0.15, -0.1) is 0 Å². The monoisotopic (exact) mass is 253 g/mol. The molecule has 2 aromatic rings. The van der Waals surface area contributed by atoms with Crippen LogP contribution in [0.3, 0.4) is 0 Å². The summed E-state index contributed by atoms with van der Waals surface area (Å²) < 4.78 is 0. The van der Waals surface area contributed by atoms with Crippen molar-refractivity contribution in [3.05, 3.63) is 65.7 Å². The number of nitrogens with zero attached hydrogens (tertiary/aromatic N) is 1. The van der Waals surface area contributed by atoms with Gasteiger partial charge in [-0.05, 0) is 43.0 Å². The van der Waals surface area contributed by atoms with Gasteiger partial charge < -0.3 is 4.90 Å². The number of benzene rings is 2. The Hall–Kier alpha value is -1.76. The molecule has 2 aromatic carbocycles. The molecule has 0 amide bonds. The van der Waals surface area contributed by atoms with E-state index in [0.717, 1.165) is 6.42 Å². The second kappa shape index (κ2) is 6.42. The van der Waals surface area contributed by atoms with Gasteiger partial charge in [0.05, 0.1) is 0 Å². The molecule has 1 unspecified atom stereocenters. The van der Waals surface area contributed by atoms with Gasteiger partial charge in [0.15, 0.2) is 0 Å². The molecule has 0 N–H and O–H groups in total. The fraction of sp³-hybridized carbons (Fsp3) is 0.333. The lowest BCUT2D eigenvalue weighted by atomic mass is 10.0. The Morgan fingerprint density at radius 2 is 1.47 bits per heavy atom. The Kier molecular flexibility index (Phi) is 4.62. The molecule has 0 aliphatic carbocycles. The maximum absolute atomic E-state index is 2.34. The van der Waals surface area contributed by atoms with Crippen molar-refractivity contribution in [3.8, 4) is 0 Å². The number of hydrogen-bond acceptors (Lipinski definition) is 1. The van der Waals surface area contributed by atoms with Crippen molar-refractivity contribution in [2.45, 2.75) is 32.7 Å². The molecule has 0 saturated carbocycles. The molecule has 0 bridgehead atoms. The van der Waals surface area contributed by atoms with Crippen LogP contribution in [0.4, 0.5) is 5.69 Å². The normalized spacial score (nSPS) is 12.2. The van der Waals surface area contributed by atoms with Crippen molar-refractivity contribution in [1.82, 2.24) is 0 Å². The molecule has 0 fully saturated rings. The molecule has 0 aliphatic rings. The van der Waals surface area contributed by atoms with Crippen LogP contribution in [0.1, 0.15) is 31.4 Å². The van der Waals surface area contributed by atoms with Gasteiger partial charge in [0.2, 0.25) is 0 Å². The minimum absolute atomic E-state index is 0.583. The first-order chi connectivity index (χ1) is 9.20.